The van der Waals surface area contributed by atoms with Gasteiger partial charge in [-0.2, -0.15) is 15.0 Å². The second-order valence-corrected chi connectivity index (χ2v) is 6.81. The first-order valence-electron chi connectivity index (χ1n) is 8.73. The first-order chi connectivity index (χ1) is 11.8. The van der Waals surface area contributed by atoms with E-state index in [2.05, 4.69) is 21.6 Å². The van der Waals surface area contributed by atoms with Crippen molar-refractivity contribution in [3.8, 4) is 5.69 Å². The molecule has 6 nitrogen and oxygen atoms in total. The largest absolute Gasteiger partial charge is 0.338 e. The van der Waals surface area contributed by atoms with Gasteiger partial charge < -0.3 is 10.2 Å². The Hall–Kier alpha value is -2.21. The molecule has 1 amide bonds. The van der Waals surface area contributed by atoms with Crippen molar-refractivity contribution >= 4 is 5.91 Å². The number of piperidine rings is 2. The minimum Gasteiger partial charge on any atom is -0.338 e. The lowest BCUT2D eigenvalue weighted by atomic mass is 9.72. The van der Waals surface area contributed by atoms with Crippen molar-refractivity contribution in [2.75, 3.05) is 19.6 Å². The molecular formula is C19H27N5O. The highest BCUT2D eigenvalue weighted by molar-refractivity contribution is 5.83. The first-order valence-corrected chi connectivity index (χ1v) is 8.73. The number of rotatable bonds is 3. The SMILES string of the molecule is C.O=C1N(Cc2ccccc2-n2nccn2)CCCC12CCNCC2. The molecule has 134 valence electrons. The number of carbonyl (C=O) groups excluding carboxylic acids is 1. The third-order valence-corrected chi connectivity index (χ3v) is 5.37. The van der Waals surface area contributed by atoms with Crippen molar-refractivity contribution in [1.82, 2.24) is 25.2 Å². The number of likely N-dealkylation sites (tertiary alicyclic amines) is 1. The van der Waals surface area contributed by atoms with Gasteiger partial charge in [0.15, 0.2) is 0 Å². The Morgan fingerprint density at radius 3 is 2.56 bits per heavy atom. The highest BCUT2D eigenvalue weighted by atomic mass is 16.2. The van der Waals surface area contributed by atoms with E-state index >= 15 is 0 Å². The Morgan fingerprint density at radius 2 is 1.80 bits per heavy atom. The molecule has 0 unspecified atom stereocenters. The van der Waals surface area contributed by atoms with Crippen molar-refractivity contribution in [3.63, 3.8) is 0 Å². The minimum atomic E-state index is -0.137. The number of hydrogen-bond acceptors (Lipinski definition) is 4. The lowest BCUT2D eigenvalue weighted by molar-refractivity contribution is -0.149. The number of hydrogen-bond donors (Lipinski definition) is 1. The summed E-state index contributed by atoms with van der Waals surface area (Å²) in [5, 5.41) is 11.9. The Morgan fingerprint density at radius 1 is 1.08 bits per heavy atom. The van der Waals surface area contributed by atoms with Gasteiger partial charge in [0.05, 0.1) is 23.5 Å². The summed E-state index contributed by atoms with van der Waals surface area (Å²) in [6.45, 7) is 3.38. The van der Waals surface area contributed by atoms with Crippen LogP contribution in [0, 0.1) is 5.41 Å². The zero-order valence-corrected chi connectivity index (χ0v) is 13.8. The van der Waals surface area contributed by atoms with Gasteiger partial charge in [-0.05, 0) is 50.4 Å². The molecule has 2 aliphatic heterocycles. The molecular weight excluding hydrogens is 314 g/mol. The van der Waals surface area contributed by atoms with E-state index in [-0.39, 0.29) is 12.8 Å². The molecule has 4 rings (SSSR count). The van der Waals surface area contributed by atoms with Crippen molar-refractivity contribution in [1.29, 1.82) is 0 Å². The summed E-state index contributed by atoms with van der Waals surface area (Å²) in [6, 6.07) is 8.06. The Labute approximate surface area is 149 Å². The molecule has 0 aliphatic carbocycles. The second-order valence-electron chi connectivity index (χ2n) is 6.81. The highest BCUT2D eigenvalue weighted by Gasteiger charge is 2.44. The van der Waals surface area contributed by atoms with E-state index in [0.717, 1.165) is 56.6 Å². The van der Waals surface area contributed by atoms with E-state index < -0.39 is 0 Å². The van der Waals surface area contributed by atoms with E-state index in [0.29, 0.717) is 12.5 Å². The molecule has 2 aromatic rings. The van der Waals surface area contributed by atoms with Gasteiger partial charge in [0.25, 0.3) is 0 Å². The number of carbonyl (C=O) groups is 1. The quantitative estimate of drug-likeness (QED) is 0.931. The summed E-state index contributed by atoms with van der Waals surface area (Å²) in [6.07, 6.45) is 7.40. The molecule has 0 radical (unpaired) electrons. The maximum Gasteiger partial charge on any atom is 0.229 e. The van der Waals surface area contributed by atoms with Crippen molar-refractivity contribution < 1.29 is 4.79 Å². The van der Waals surface area contributed by atoms with Crippen LogP contribution in [0.15, 0.2) is 36.7 Å². The molecule has 1 aromatic carbocycles. The molecule has 3 heterocycles. The molecule has 1 aromatic heterocycles. The van der Waals surface area contributed by atoms with Gasteiger partial charge in [0.2, 0.25) is 5.91 Å². The normalized spacial score (nSPS) is 19.7. The van der Waals surface area contributed by atoms with Gasteiger partial charge >= 0.3 is 0 Å². The summed E-state index contributed by atoms with van der Waals surface area (Å²) in [5.41, 5.74) is 1.90. The lowest BCUT2D eigenvalue weighted by Gasteiger charge is -2.44. The van der Waals surface area contributed by atoms with Crippen LogP contribution in [0.25, 0.3) is 5.69 Å². The fourth-order valence-corrected chi connectivity index (χ4v) is 4.06. The van der Waals surface area contributed by atoms with Crippen LogP contribution < -0.4 is 5.32 Å². The van der Waals surface area contributed by atoms with Gasteiger partial charge in [0, 0.05) is 13.1 Å². The molecule has 2 fully saturated rings. The molecule has 0 atom stereocenters. The maximum absolute atomic E-state index is 13.2. The second kappa shape index (κ2) is 7.35. The van der Waals surface area contributed by atoms with Crippen molar-refractivity contribution in [3.05, 3.63) is 42.2 Å². The lowest BCUT2D eigenvalue weighted by Crippen LogP contribution is -2.52. The van der Waals surface area contributed by atoms with Gasteiger partial charge in [0.1, 0.15) is 0 Å². The summed E-state index contributed by atoms with van der Waals surface area (Å²) >= 11 is 0. The molecule has 0 saturated carbocycles. The van der Waals surface area contributed by atoms with Crippen LogP contribution >= 0.6 is 0 Å². The number of amides is 1. The van der Waals surface area contributed by atoms with E-state index in [4.69, 9.17) is 0 Å². The average molecular weight is 341 g/mol. The Kier molecular flexibility index (Phi) is 5.18. The summed E-state index contributed by atoms with van der Waals surface area (Å²) in [5.74, 6) is 0.332. The zero-order chi connectivity index (χ0) is 16.4. The van der Waals surface area contributed by atoms with Crippen LogP contribution in [-0.2, 0) is 11.3 Å². The zero-order valence-electron chi connectivity index (χ0n) is 13.8. The van der Waals surface area contributed by atoms with Crippen LogP contribution in [0.5, 0.6) is 0 Å². The number of para-hydroxylation sites is 1. The summed E-state index contributed by atoms with van der Waals surface area (Å²) < 4.78 is 0. The van der Waals surface area contributed by atoms with Crippen LogP contribution in [0.2, 0.25) is 0 Å². The predicted molar refractivity (Wildman–Crippen MR) is 97.3 cm³/mol. The van der Waals surface area contributed by atoms with E-state index in [9.17, 15) is 4.79 Å². The number of nitrogens with zero attached hydrogens (tertiary/aromatic N) is 4. The Bertz CT molecular complexity index is 701. The van der Waals surface area contributed by atoms with Crippen LogP contribution in [0.3, 0.4) is 0 Å². The van der Waals surface area contributed by atoms with Crippen molar-refractivity contribution in [2.45, 2.75) is 39.7 Å². The average Bonchev–Trinajstić information content (AvgIpc) is 3.15. The number of benzene rings is 1. The first kappa shape index (κ1) is 17.6. The van der Waals surface area contributed by atoms with Crippen LogP contribution in [-0.4, -0.2) is 45.4 Å². The van der Waals surface area contributed by atoms with Crippen LogP contribution in [0.1, 0.15) is 38.7 Å². The minimum absolute atomic E-state index is 0. The number of aromatic nitrogens is 3. The predicted octanol–water partition coefficient (Wildman–Crippen LogP) is 2.40. The van der Waals surface area contributed by atoms with Gasteiger partial charge in [-0.15, -0.1) is 0 Å². The summed E-state index contributed by atoms with van der Waals surface area (Å²) in [7, 11) is 0. The molecule has 0 bridgehead atoms. The monoisotopic (exact) mass is 341 g/mol. The number of nitrogens with one attached hydrogen (secondary N) is 1. The molecule has 2 saturated heterocycles. The van der Waals surface area contributed by atoms with E-state index in [1.807, 2.05) is 23.1 Å². The molecule has 2 aliphatic rings. The molecule has 1 N–H and O–H groups in total. The Balaban J connectivity index is 0.00000182. The van der Waals surface area contributed by atoms with E-state index in [1.165, 1.54) is 0 Å². The molecule has 25 heavy (non-hydrogen) atoms. The standard InChI is InChI=1S/C18H23N5O.CH4/c24-17-18(7-9-19-10-8-18)6-3-13-22(17)14-15-4-1-2-5-16(15)23-20-11-12-21-23;/h1-2,4-5,11-12,19H,3,6-10,13-14H2;1H4. The van der Waals surface area contributed by atoms with Gasteiger partial charge in [-0.25, -0.2) is 0 Å². The smallest absolute Gasteiger partial charge is 0.229 e. The van der Waals surface area contributed by atoms with Crippen molar-refractivity contribution in [2.24, 2.45) is 5.41 Å². The molecule has 1 spiro atoms. The molecule has 6 heteroatoms. The fraction of sp³-hybridized carbons (Fsp3) is 0.526. The third-order valence-electron chi connectivity index (χ3n) is 5.37. The van der Waals surface area contributed by atoms with E-state index in [1.54, 1.807) is 17.2 Å². The summed E-state index contributed by atoms with van der Waals surface area (Å²) in [4.78, 5) is 16.8. The van der Waals surface area contributed by atoms with Crippen LogP contribution in [0.4, 0.5) is 0 Å². The third kappa shape index (κ3) is 3.31. The topological polar surface area (TPSA) is 63.1 Å². The maximum atomic E-state index is 13.2. The highest BCUT2D eigenvalue weighted by Crippen LogP contribution is 2.39. The van der Waals surface area contributed by atoms with Gasteiger partial charge in [-0.3, -0.25) is 4.79 Å². The van der Waals surface area contributed by atoms with Gasteiger partial charge in [-0.1, -0.05) is 25.6 Å². The fourth-order valence-electron chi connectivity index (χ4n) is 4.06.